The highest BCUT2D eigenvalue weighted by molar-refractivity contribution is 5.67. The molecule has 1 aromatic rings. The monoisotopic (exact) mass is 322 g/mol. The normalized spacial score (nSPS) is 15.0. The summed E-state index contributed by atoms with van der Waals surface area (Å²) in [5, 5.41) is 8.80. The Hall–Kier alpha value is -1.46. The van der Waals surface area contributed by atoms with Crippen molar-refractivity contribution in [1.29, 1.82) is 0 Å². The number of morpholine rings is 1. The smallest absolute Gasteiger partial charge is 0.144 e. The van der Waals surface area contributed by atoms with E-state index in [1.54, 1.807) is 0 Å². The lowest BCUT2D eigenvalue weighted by Crippen LogP contribution is -2.36. The second-order valence-electron chi connectivity index (χ2n) is 5.96. The second kappa shape index (κ2) is 9.63. The molecule has 0 amide bonds. The van der Waals surface area contributed by atoms with E-state index in [-0.39, 0.29) is 6.61 Å². The molecule has 1 fully saturated rings. The fourth-order valence-corrected chi connectivity index (χ4v) is 2.85. The summed E-state index contributed by atoms with van der Waals surface area (Å²) in [5.74, 6) is 0.878. The lowest BCUT2D eigenvalue weighted by molar-refractivity contribution is 0.122. The number of aliphatic hydroxyl groups excluding tert-OH is 1. The zero-order valence-electron chi connectivity index (χ0n) is 14.2. The number of unbranched alkanes of at least 4 members (excludes halogenated alkanes) is 3. The Labute approximate surface area is 139 Å². The second-order valence-corrected chi connectivity index (χ2v) is 5.96. The molecule has 5 heteroatoms. The lowest BCUT2D eigenvalue weighted by atomic mass is 10.1. The Kier molecular flexibility index (Phi) is 7.49. The molecule has 0 aromatic heterocycles. The van der Waals surface area contributed by atoms with Gasteiger partial charge < -0.3 is 25.2 Å². The van der Waals surface area contributed by atoms with Gasteiger partial charge in [-0.15, -0.1) is 0 Å². The fourth-order valence-electron chi connectivity index (χ4n) is 2.85. The summed E-state index contributed by atoms with van der Waals surface area (Å²) in [4.78, 5) is 2.32. The Bertz CT molecular complexity index is 474. The first kappa shape index (κ1) is 17.9. The van der Waals surface area contributed by atoms with Crippen molar-refractivity contribution in [2.75, 3.05) is 50.2 Å². The molecule has 0 atom stereocenters. The van der Waals surface area contributed by atoms with Gasteiger partial charge in [0.15, 0.2) is 0 Å². The number of nitrogens with two attached hydrogens (primary N) is 1. The molecule has 0 radical (unpaired) electrons. The van der Waals surface area contributed by atoms with Crippen LogP contribution in [0.4, 0.5) is 11.4 Å². The number of hydrogen-bond acceptors (Lipinski definition) is 5. The highest BCUT2D eigenvalue weighted by Crippen LogP contribution is 2.34. The van der Waals surface area contributed by atoms with E-state index in [1.165, 1.54) is 5.56 Å². The van der Waals surface area contributed by atoms with Crippen LogP contribution in [0, 0.1) is 0 Å². The van der Waals surface area contributed by atoms with Crippen LogP contribution < -0.4 is 15.4 Å². The Morgan fingerprint density at radius 2 is 1.91 bits per heavy atom. The first-order valence-electron chi connectivity index (χ1n) is 8.75. The van der Waals surface area contributed by atoms with Gasteiger partial charge in [0.25, 0.3) is 0 Å². The summed E-state index contributed by atoms with van der Waals surface area (Å²) in [6.07, 6.45) is 4.92. The topological polar surface area (TPSA) is 68.0 Å². The van der Waals surface area contributed by atoms with Crippen molar-refractivity contribution in [3.63, 3.8) is 0 Å². The molecule has 0 spiro atoms. The maximum atomic E-state index is 8.80. The van der Waals surface area contributed by atoms with Crippen LogP contribution in [0.3, 0.4) is 0 Å². The third-order valence-electron chi connectivity index (χ3n) is 4.26. The molecule has 2 rings (SSSR count). The molecule has 130 valence electrons. The Morgan fingerprint density at radius 3 is 2.61 bits per heavy atom. The highest BCUT2D eigenvalue weighted by atomic mass is 16.5. The van der Waals surface area contributed by atoms with Gasteiger partial charge in [-0.25, -0.2) is 0 Å². The maximum Gasteiger partial charge on any atom is 0.144 e. The third kappa shape index (κ3) is 5.29. The molecular formula is C18H30N2O3. The van der Waals surface area contributed by atoms with Crippen molar-refractivity contribution < 1.29 is 14.6 Å². The molecule has 1 aliphatic rings. The molecule has 5 nitrogen and oxygen atoms in total. The SMILES string of the molecule is CCc1cc(N2CCOCC2)c(OCCCCCCO)cc1N. The fraction of sp³-hybridized carbons (Fsp3) is 0.667. The summed E-state index contributed by atoms with van der Waals surface area (Å²) in [7, 11) is 0. The van der Waals surface area contributed by atoms with E-state index < -0.39 is 0 Å². The van der Waals surface area contributed by atoms with Crippen LogP contribution in [0.1, 0.15) is 38.2 Å². The van der Waals surface area contributed by atoms with E-state index >= 15 is 0 Å². The van der Waals surface area contributed by atoms with Gasteiger partial charge in [0.05, 0.1) is 25.5 Å². The van der Waals surface area contributed by atoms with Gasteiger partial charge in [-0.2, -0.15) is 0 Å². The predicted octanol–water partition coefficient (Wildman–Crippen LogP) is 2.60. The van der Waals surface area contributed by atoms with Gasteiger partial charge >= 0.3 is 0 Å². The number of ether oxygens (including phenoxy) is 2. The number of anilines is 2. The maximum absolute atomic E-state index is 8.80. The summed E-state index contributed by atoms with van der Waals surface area (Å²) >= 11 is 0. The quantitative estimate of drug-likeness (QED) is 0.540. The molecule has 0 saturated carbocycles. The molecular weight excluding hydrogens is 292 g/mol. The number of hydrogen-bond donors (Lipinski definition) is 2. The van der Waals surface area contributed by atoms with Crippen LogP contribution in [0.25, 0.3) is 0 Å². The van der Waals surface area contributed by atoms with E-state index in [1.807, 2.05) is 6.07 Å². The van der Waals surface area contributed by atoms with Crippen molar-refractivity contribution in [3.05, 3.63) is 17.7 Å². The standard InChI is InChI=1S/C18H30N2O3/c1-2-15-13-17(20-7-11-22-12-8-20)18(14-16(15)19)23-10-6-4-3-5-9-21/h13-14,21H,2-12,19H2,1H3. The number of rotatable bonds is 9. The summed E-state index contributed by atoms with van der Waals surface area (Å²) in [6.45, 7) is 6.37. The van der Waals surface area contributed by atoms with Gasteiger partial charge in [-0.05, 0) is 37.3 Å². The average molecular weight is 322 g/mol. The van der Waals surface area contributed by atoms with Crippen LogP contribution in [0.15, 0.2) is 12.1 Å². The zero-order chi connectivity index (χ0) is 16.5. The van der Waals surface area contributed by atoms with Gasteiger partial charge in [0.1, 0.15) is 5.75 Å². The van der Waals surface area contributed by atoms with Crippen LogP contribution in [-0.4, -0.2) is 44.6 Å². The van der Waals surface area contributed by atoms with E-state index in [9.17, 15) is 0 Å². The minimum atomic E-state index is 0.275. The molecule has 0 aliphatic carbocycles. The first-order chi connectivity index (χ1) is 11.3. The Balaban J connectivity index is 2.02. The molecule has 1 saturated heterocycles. The average Bonchev–Trinajstić information content (AvgIpc) is 2.59. The zero-order valence-corrected chi connectivity index (χ0v) is 14.2. The minimum absolute atomic E-state index is 0.275. The highest BCUT2D eigenvalue weighted by Gasteiger charge is 2.17. The molecule has 0 bridgehead atoms. The number of aliphatic hydroxyl groups is 1. The van der Waals surface area contributed by atoms with E-state index in [2.05, 4.69) is 17.9 Å². The number of nitrogen functional groups attached to an aromatic ring is 1. The first-order valence-corrected chi connectivity index (χ1v) is 8.75. The van der Waals surface area contributed by atoms with Gasteiger partial charge in [0.2, 0.25) is 0 Å². The van der Waals surface area contributed by atoms with Crippen molar-refractivity contribution in [3.8, 4) is 5.75 Å². The summed E-state index contributed by atoms with van der Waals surface area (Å²) in [6, 6.07) is 4.14. The van der Waals surface area contributed by atoms with Gasteiger partial charge in [-0.3, -0.25) is 0 Å². The largest absolute Gasteiger partial charge is 0.491 e. The molecule has 0 unspecified atom stereocenters. The van der Waals surface area contributed by atoms with Crippen LogP contribution >= 0.6 is 0 Å². The predicted molar refractivity (Wildman–Crippen MR) is 94.3 cm³/mol. The number of aryl methyl sites for hydroxylation is 1. The summed E-state index contributed by atoms with van der Waals surface area (Å²) in [5.41, 5.74) is 9.26. The minimum Gasteiger partial charge on any atom is -0.491 e. The van der Waals surface area contributed by atoms with E-state index in [0.29, 0.717) is 6.61 Å². The van der Waals surface area contributed by atoms with Crippen LogP contribution in [0.5, 0.6) is 5.75 Å². The summed E-state index contributed by atoms with van der Waals surface area (Å²) < 4.78 is 11.5. The van der Waals surface area contributed by atoms with E-state index in [4.69, 9.17) is 20.3 Å². The van der Waals surface area contributed by atoms with Crippen molar-refractivity contribution in [2.24, 2.45) is 0 Å². The molecule has 1 aromatic carbocycles. The van der Waals surface area contributed by atoms with E-state index in [0.717, 1.165) is 75.5 Å². The molecule has 1 aliphatic heterocycles. The Morgan fingerprint density at radius 1 is 1.17 bits per heavy atom. The molecule has 3 N–H and O–H groups in total. The van der Waals surface area contributed by atoms with Crippen molar-refractivity contribution >= 4 is 11.4 Å². The van der Waals surface area contributed by atoms with Gasteiger partial charge in [0, 0.05) is 31.5 Å². The lowest BCUT2D eigenvalue weighted by Gasteiger charge is -2.31. The molecule has 1 heterocycles. The van der Waals surface area contributed by atoms with Crippen LogP contribution in [-0.2, 0) is 11.2 Å². The van der Waals surface area contributed by atoms with Crippen LogP contribution in [0.2, 0.25) is 0 Å². The number of nitrogens with zero attached hydrogens (tertiary/aromatic N) is 1. The molecule has 23 heavy (non-hydrogen) atoms. The third-order valence-corrected chi connectivity index (χ3v) is 4.26. The van der Waals surface area contributed by atoms with Crippen molar-refractivity contribution in [2.45, 2.75) is 39.0 Å². The number of benzene rings is 1. The van der Waals surface area contributed by atoms with Gasteiger partial charge in [-0.1, -0.05) is 13.3 Å². The van der Waals surface area contributed by atoms with Crippen molar-refractivity contribution in [1.82, 2.24) is 0 Å².